The summed E-state index contributed by atoms with van der Waals surface area (Å²) in [7, 11) is 0. The largest absolute Gasteiger partial charge is 0.461 e. The Kier molecular flexibility index (Phi) is 6.48. The van der Waals surface area contributed by atoms with Crippen LogP contribution in [-0.4, -0.2) is 23.0 Å². The number of pyridine rings is 1. The summed E-state index contributed by atoms with van der Waals surface area (Å²) in [5, 5.41) is 1.24. The standard InChI is InChI=1S/C21H18ClNO3S/c1-27-17-8-6-14(7-9-17)19(24)10-11-20(25)26-13-16-12-15-4-2-3-5-18(15)23-21(16)22/h2-9,12H,10-11,13H2,1H3. The summed E-state index contributed by atoms with van der Waals surface area (Å²) in [5.41, 5.74) is 2.03. The molecule has 1 aromatic heterocycles. The number of rotatable bonds is 7. The maximum atomic E-state index is 12.2. The van der Waals surface area contributed by atoms with Crippen LogP contribution in [0.25, 0.3) is 10.9 Å². The third-order valence-corrected chi connectivity index (χ3v) is 5.18. The van der Waals surface area contributed by atoms with Gasteiger partial charge in [-0.3, -0.25) is 9.59 Å². The fourth-order valence-electron chi connectivity index (χ4n) is 2.60. The molecule has 0 spiro atoms. The Labute approximate surface area is 166 Å². The van der Waals surface area contributed by atoms with E-state index in [2.05, 4.69) is 4.98 Å². The van der Waals surface area contributed by atoms with Crippen LogP contribution in [0.15, 0.2) is 59.5 Å². The number of carbonyl (C=O) groups excluding carboxylic acids is 2. The van der Waals surface area contributed by atoms with E-state index in [1.807, 2.05) is 48.7 Å². The molecule has 0 aliphatic rings. The molecule has 0 amide bonds. The number of thioether (sulfide) groups is 1. The van der Waals surface area contributed by atoms with E-state index in [0.29, 0.717) is 16.3 Å². The van der Waals surface area contributed by atoms with Crippen molar-refractivity contribution in [1.29, 1.82) is 0 Å². The molecule has 3 aromatic rings. The van der Waals surface area contributed by atoms with Gasteiger partial charge in [-0.05, 0) is 30.5 Å². The van der Waals surface area contributed by atoms with Gasteiger partial charge in [0.2, 0.25) is 0 Å². The van der Waals surface area contributed by atoms with Gasteiger partial charge in [-0.15, -0.1) is 11.8 Å². The number of Topliss-reactive ketones (excluding diaryl/α,β-unsaturated/α-hetero) is 1. The molecule has 0 aliphatic heterocycles. The Morgan fingerprint density at radius 3 is 2.56 bits per heavy atom. The molecule has 0 N–H and O–H groups in total. The quantitative estimate of drug-likeness (QED) is 0.233. The van der Waals surface area contributed by atoms with Crippen molar-refractivity contribution in [1.82, 2.24) is 4.98 Å². The highest BCUT2D eigenvalue weighted by Gasteiger charge is 2.12. The Balaban J connectivity index is 1.53. The average molecular weight is 400 g/mol. The van der Waals surface area contributed by atoms with Gasteiger partial charge in [0.25, 0.3) is 0 Å². The molecule has 1 heterocycles. The maximum absolute atomic E-state index is 12.2. The van der Waals surface area contributed by atoms with Gasteiger partial charge in [0.15, 0.2) is 5.78 Å². The minimum atomic E-state index is -0.437. The number of carbonyl (C=O) groups is 2. The second-order valence-corrected chi connectivity index (χ2v) is 7.18. The monoisotopic (exact) mass is 399 g/mol. The van der Waals surface area contributed by atoms with Crippen LogP contribution >= 0.6 is 23.4 Å². The highest BCUT2D eigenvalue weighted by Crippen LogP contribution is 2.21. The zero-order valence-corrected chi connectivity index (χ0v) is 16.3. The van der Waals surface area contributed by atoms with Gasteiger partial charge in [-0.2, -0.15) is 0 Å². The molecule has 138 valence electrons. The van der Waals surface area contributed by atoms with Crippen LogP contribution in [0.2, 0.25) is 5.15 Å². The Morgan fingerprint density at radius 1 is 1.07 bits per heavy atom. The molecular weight excluding hydrogens is 382 g/mol. The first-order valence-corrected chi connectivity index (χ1v) is 10.0. The number of benzene rings is 2. The molecule has 0 aliphatic carbocycles. The van der Waals surface area contributed by atoms with Crippen molar-refractivity contribution in [2.45, 2.75) is 24.3 Å². The van der Waals surface area contributed by atoms with Crippen molar-refractivity contribution in [3.05, 3.63) is 70.9 Å². The van der Waals surface area contributed by atoms with E-state index in [-0.39, 0.29) is 25.2 Å². The average Bonchev–Trinajstić information content (AvgIpc) is 2.70. The van der Waals surface area contributed by atoms with Crippen LogP contribution in [0.1, 0.15) is 28.8 Å². The second kappa shape index (κ2) is 9.02. The second-order valence-electron chi connectivity index (χ2n) is 5.94. The summed E-state index contributed by atoms with van der Waals surface area (Å²) in [4.78, 5) is 29.6. The third kappa shape index (κ3) is 5.08. The fraction of sp³-hybridized carbons (Fsp3) is 0.190. The molecule has 27 heavy (non-hydrogen) atoms. The Bertz CT molecular complexity index is 973. The van der Waals surface area contributed by atoms with Gasteiger partial charge in [0.1, 0.15) is 11.8 Å². The number of ether oxygens (including phenoxy) is 1. The summed E-state index contributed by atoms with van der Waals surface area (Å²) in [6.07, 6.45) is 2.12. The van der Waals surface area contributed by atoms with E-state index in [1.165, 1.54) is 0 Å². The third-order valence-electron chi connectivity index (χ3n) is 4.11. The number of esters is 1. The summed E-state index contributed by atoms with van der Waals surface area (Å²) in [5.74, 6) is -0.515. The van der Waals surface area contributed by atoms with Gasteiger partial charge in [-0.25, -0.2) is 4.98 Å². The molecule has 0 unspecified atom stereocenters. The van der Waals surface area contributed by atoms with Crippen LogP contribution in [0, 0.1) is 0 Å². The number of nitrogens with zero attached hydrogens (tertiary/aromatic N) is 1. The lowest BCUT2D eigenvalue weighted by Gasteiger charge is -2.08. The molecule has 4 nitrogen and oxygen atoms in total. The van der Waals surface area contributed by atoms with Gasteiger partial charge >= 0.3 is 5.97 Å². The molecule has 0 saturated heterocycles. The van der Waals surface area contributed by atoms with E-state index in [0.717, 1.165) is 15.8 Å². The van der Waals surface area contributed by atoms with Crippen molar-refractivity contribution in [3.8, 4) is 0 Å². The summed E-state index contributed by atoms with van der Waals surface area (Å²) >= 11 is 7.77. The first kappa shape index (κ1) is 19.4. The molecule has 0 atom stereocenters. The number of fused-ring (bicyclic) bond motifs is 1. The van der Waals surface area contributed by atoms with Gasteiger partial charge < -0.3 is 4.74 Å². The van der Waals surface area contributed by atoms with Gasteiger partial charge in [-0.1, -0.05) is 41.9 Å². The first-order valence-electron chi connectivity index (χ1n) is 8.44. The number of aromatic nitrogens is 1. The van der Waals surface area contributed by atoms with E-state index in [4.69, 9.17) is 16.3 Å². The lowest BCUT2D eigenvalue weighted by Crippen LogP contribution is -2.08. The molecule has 0 fully saturated rings. The number of hydrogen-bond donors (Lipinski definition) is 0. The van der Waals surface area contributed by atoms with Crippen molar-refractivity contribution in [3.63, 3.8) is 0 Å². The minimum absolute atomic E-state index is 0.0295. The molecule has 0 bridgehead atoms. The van der Waals surface area contributed by atoms with Crippen LogP contribution < -0.4 is 0 Å². The van der Waals surface area contributed by atoms with Crippen molar-refractivity contribution < 1.29 is 14.3 Å². The summed E-state index contributed by atoms with van der Waals surface area (Å²) in [6.45, 7) is 0.0338. The topological polar surface area (TPSA) is 56.3 Å². The highest BCUT2D eigenvalue weighted by atomic mass is 35.5. The zero-order valence-electron chi connectivity index (χ0n) is 14.8. The lowest BCUT2D eigenvalue weighted by molar-refractivity contribution is -0.144. The predicted octanol–water partition coefficient (Wildman–Crippen LogP) is 5.32. The van der Waals surface area contributed by atoms with Crippen LogP contribution in [-0.2, 0) is 16.1 Å². The molecular formula is C21H18ClNO3S. The number of hydrogen-bond acceptors (Lipinski definition) is 5. The zero-order chi connectivity index (χ0) is 19.2. The Hall–Kier alpha value is -2.37. The molecule has 3 rings (SSSR count). The minimum Gasteiger partial charge on any atom is -0.461 e. The SMILES string of the molecule is CSc1ccc(C(=O)CCC(=O)OCc2cc3ccccc3nc2Cl)cc1. The summed E-state index contributed by atoms with van der Waals surface area (Å²) in [6, 6.07) is 16.8. The number of halogens is 1. The van der Waals surface area contributed by atoms with Crippen molar-refractivity contribution in [2.75, 3.05) is 6.26 Å². The first-order chi connectivity index (χ1) is 13.1. The molecule has 0 radical (unpaired) electrons. The van der Waals surface area contributed by atoms with Crippen molar-refractivity contribution >= 4 is 46.0 Å². The normalized spacial score (nSPS) is 10.7. The van der Waals surface area contributed by atoms with Crippen molar-refractivity contribution in [2.24, 2.45) is 0 Å². The van der Waals surface area contributed by atoms with Crippen LogP contribution in [0.5, 0.6) is 0 Å². The molecule has 0 saturated carbocycles. The molecule has 6 heteroatoms. The predicted molar refractivity (Wildman–Crippen MR) is 108 cm³/mol. The number of ketones is 1. The van der Waals surface area contributed by atoms with E-state index >= 15 is 0 Å². The summed E-state index contributed by atoms with van der Waals surface area (Å²) < 4.78 is 5.26. The van der Waals surface area contributed by atoms with E-state index in [9.17, 15) is 9.59 Å². The smallest absolute Gasteiger partial charge is 0.306 e. The van der Waals surface area contributed by atoms with Gasteiger partial charge in [0.05, 0.1) is 11.9 Å². The van der Waals surface area contributed by atoms with Gasteiger partial charge in [0, 0.05) is 27.8 Å². The van der Waals surface area contributed by atoms with Crippen LogP contribution in [0.3, 0.4) is 0 Å². The Morgan fingerprint density at radius 2 is 1.81 bits per heavy atom. The number of para-hydroxylation sites is 1. The van der Waals surface area contributed by atoms with Crippen LogP contribution in [0.4, 0.5) is 0 Å². The highest BCUT2D eigenvalue weighted by molar-refractivity contribution is 7.98. The maximum Gasteiger partial charge on any atom is 0.306 e. The van der Waals surface area contributed by atoms with E-state index < -0.39 is 5.97 Å². The lowest BCUT2D eigenvalue weighted by atomic mass is 10.1. The fourth-order valence-corrected chi connectivity index (χ4v) is 3.21. The van der Waals surface area contributed by atoms with E-state index in [1.54, 1.807) is 23.9 Å². The molecule has 2 aromatic carbocycles.